The number of nitrogens with one attached hydrogen (secondary N) is 3. The van der Waals surface area contributed by atoms with Crippen molar-refractivity contribution in [2.24, 2.45) is 0 Å². The van der Waals surface area contributed by atoms with Crippen LogP contribution in [0.4, 0.5) is 9.59 Å². The number of hydrogen-bond acceptors (Lipinski definition) is 15. The number of hydrogen-bond donors (Lipinski definition) is 3. The molecule has 1 atom stereocenters. The second-order valence-corrected chi connectivity index (χ2v) is 18.3. The summed E-state index contributed by atoms with van der Waals surface area (Å²) in [5, 5.41) is 3.32. The summed E-state index contributed by atoms with van der Waals surface area (Å²) in [6.45, 7) is 10.1. The standard InChI is InChI=1S/C24H28N4O3.C12H15N3O.C12H13NO3.C4H6O4.C2H3BO2.Na/c29-23-25-21-8-4-5-9-22(21)28(23)19-10-13-26(14-11-19)20-12-15-27(16-20)24(30)31-17-18-6-2-1-3-7-18;16-12-14-10-3-1-2-4-11(10)15(12)9-5-7-13-8-6-9;14-11-6-7-13(8-11)12(15)16-9-10-4-2-1-3-5-10;1-3(5)7-8-4(2)6;1-2(4)5-3;/h1-9,19-20H,10-17H2,(H,25,29);1-4,9,13H,5-8H2,(H,14,16);1-5H,6-9H2;1-2H3;1H3;/q;;;;-1;+1. The van der Waals surface area contributed by atoms with Crippen LogP contribution in [0.5, 0.6) is 0 Å². The van der Waals surface area contributed by atoms with E-state index in [1.54, 1.807) is 0 Å². The van der Waals surface area contributed by atoms with Gasteiger partial charge in [-0.05, 0) is 80.6 Å². The third-order valence-electron chi connectivity index (χ3n) is 12.9. The number of fused-ring (bicyclic) bond motifs is 2. The maximum Gasteiger partial charge on any atom is 1.00 e. The number of likely N-dealkylation sites (tertiary alicyclic amines) is 3. The Morgan fingerprint density at radius 3 is 1.42 bits per heavy atom. The molecule has 4 fully saturated rings. The van der Waals surface area contributed by atoms with Crippen molar-refractivity contribution in [3.8, 4) is 0 Å². The van der Waals surface area contributed by atoms with Gasteiger partial charge in [0.25, 0.3) is 0 Å². The van der Waals surface area contributed by atoms with Gasteiger partial charge in [0.1, 0.15) is 13.2 Å². The Morgan fingerprint density at radius 1 is 0.545 bits per heavy atom. The van der Waals surface area contributed by atoms with E-state index in [1.807, 2.05) is 123 Å². The van der Waals surface area contributed by atoms with Crippen LogP contribution in [0.25, 0.3) is 22.1 Å². The van der Waals surface area contributed by atoms with Crippen LogP contribution in [-0.4, -0.2) is 136 Å². The van der Waals surface area contributed by atoms with Gasteiger partial charge in [-0.1, -0.05) is 84.9 Å². The zero-order valence-corrected chi connectivity index (χ0v) is 46.1. The Kier molecular flexibility index (Phi) is 24.7. The Balaban J connectivity index is 0.000000201. The van der Waals surface area contributed by atoms with E-state index in [1.165, 1.54) is 11.8 Å². The summed E-state index contributed by atoms with van der Waals surface area (Å²) in [6, 6.07) is 35.9. The Labute approximate surface area is 469 Å². The molecule has 6 heterocycles. The van der Waals surface area contributed by atoms with E-state index in [0.717, 1.165) is 112 Å². The molecule has 21 nitrogen and oxygen atoms in total. The molecule has 2 aromatic heterocycles. The van der Waals surface area contributed by atoms with E-state index in [9.17, 15) is 38.4 Å². The van der Waals surface area contributed by atoms with Crippen LogP contribution in [0, 0.1) is 0 Å². The molecule has 0 spiro atoms. The van der Waals surface area contributed by atoms with Crippen molar-refractivity contribution in [3.05, 3.63) is 141 Å². The second-order valence-electron chi connectivity index (χ2n) is 18.3. The van der Waals surface area contributed by atoms with Crippen LogP contribution < -0.4 is 46.3 Å². The summed E-state index contributed by atoms with van der Waals surface area (Å²) >= 11 is 0. The molecule has 0 bridgehead atoms. The number of piperidine rings is 2. The summed E-state index contributed by atoms with van der Waals surface area (Å²) in [7, 11) is 4.32. The molecule has 2 amide bonds. The Morgan fingerprint density at radius 2 is 0.974 bits per heavy atom. The van der Waals surface area contributed by atoms with E-state index >= 15 is 0 Å². The molecule has 4 aromatic carbocycles. The van der Waals surface area contributed by atoms with Crippen LogP contribution in [0.1, 0.15) is 82.5 Å². The molecule has 77 heavy (non-hydrogen) atoms. The molecule has 6 aromatic rings. The largest absolute Gasteiger partial charge is 1.00 e. The van der Waals surface area contributed by atoms with Gasteiger partial charge in [-0.25, -0.2) is 38.5 Å². The number of carbonyl (C=O) groups excluding carboxylic acids is 6. The number of ketones is 1. The monoisotopic (exact) mass is 1070 g/mol. The fourth-order valence-electron chi connectivity index (χ4n) is 9.18. The van der Waals surface area contributed by atoms with Crippen molar-refractivity contribution in [2.45, 2.75) is 90.6 Å². The summed E-state index contributed by atoms with van der Waals surface area (Å²) < 4.78 is 18.0. The molecule has 10 rings (SSSR count). The molecule has 23 heteroatoms. The molecule has 4 aliphatic rings. The Bertz CT molecular complexity index is 2960. The zero-order valence-electron chi connectivity index (χ0n) is 44.1. The number of H-pyrrole nitrogens is 2. The van der Waals surface area contributed by atoms with Gasteiger partial charge in [-0.3, -0.25) is 23.6 Å². The number of aromatic amines is 2. The van der Waals surface area contributed by atoms with E-state index < -0.39 is 24.0 Å². The maximum absolute atomic E-state index is 12.5. The smallest absolute Gasteiger partial charge is 0.793 e. The van der Waals surface area contributed by atoms with Crippen molar-refractivity contribution >= 4 is 66.0 Å². The minimum absolute atomic E-state index is 0. The molecule has 0 saturated carbocycles. The maximum atomic E-state index is 12.5. The van der Waals surface area contributed by atoms with Crippen LogP contribution in [-0.2, 0) is 56.3 Å². The predicted octanol–water partition coefficient (Wildman–Crippen LogP) is 2.89. The average molecular weight is 1070 g/mol. The van der Waals surface area contributed by atoms with Crippen molar-refractivity contribution < 1.29 is 82.2 Å². The third kappa shape index (κ3) is 18.9. The first-order chi connectivity index (χ1) is 36.7. The van der Waals surface area contributed by atoms with Gasteiger partial charge in [-0.2, -0.15) is 0 Å². The molecule has 0 aliphatic carbocycles. The summed E-state index contributed by atoms with van der Waals surface area (Å²) in [4.78, 5) is 108. The third-order valence-corrected chi connectivity index (χ3v) is 12.9. The first-order valence-electron chi connectivity index (χ1n) is 25.2. The number of carbonyl (C=O) groups is 6. The first-order valence-corrected chi connectivity index (χ1v) is 25.2. The van der Waals surface area contributed by atoms with Crippen LogP contribution in [0.3, 0.4) is 0 Å². The van der Waals surface area contributed by atoms with Crippen molar-refractivity contribution in [2.75, 3.05) is 52.4 Å². The van der Waals surface area contributed by atoms with Crippen molar-refractivity contribution in [3.63, 3.8) is 0 Å². The molecule has 3 radical (unpaired) electrons. The summed E-state index contributed by atoms with van der Waals surface area (Å²) in [5.41, 5.74) is 5.79. The van der Waals surface area contributed by atoms with Crippen LogP contribution in [0.15, 0.2) is 119 Å². The van der Waals surface area contributed by atoms with E-state index in [4.69, 9.17) is 9.47 Å². The second kappa shape index (κ2) is 31.3. The van der Waals surface area contributed by atoms with Gasteiger partial charge in [0.2, 0.25) is 5.97 Å². The quantitative estimate of drug-likeness (QED) is 0.118. The molecular weight excluding hydrogens is 1000 g/mol. The van der Waals surface area contributed by atoms with Crippen LogP contribution in [0.2, 0.25) is 0 Å². The van der Waals surface area contributed by atoms with Crippen molar-refractivity contribution in [1.29, 1.82) is 0 Å². The molecule has 4 saturated heterocycles. The summed E-state index contributed by atoms with van der Waals surface area (Å²) in [6.07, 6.45) is 4.72. The number of Topliss-reactive ketones (excluding diaryl/α,β-unsaturated/α-hetero) is 1. The SMILES string of the molecule is CC(=O)OOC(C)=O.O=C(OCc1ccccc1)N1CCC(N2CCC(n3c(=O)[nH]c4ccccc43)CC2)C1.O=C1CCN(C(=O)OCc2ccccc2)C1.O=c1[nH]c2ccccc2n1C1CCNCC1.[B-]OC(C)=O.[Na+]. The number of imidazole rings is 2. The number of rotatable bonds is 7. The fraction of sp³-hybridized carbons (Fsp3) is 0.407. The van der Waals surface area contributed by atoms with Gasteiger partial charge < -0.3 is 47.3 Å². The van der Waals surface area contributed by atoms with Crippen molar-refractivity contribution in [1.82, 2.24) is 39.1 Å². The molecule has 403 valence electrons. The minimum atomic E-state index is -0.639. The molecule has 4 aliphatic heterocycles. The minimum Gasteiger partial charge on any atom is -0.793 e. The van der Waals surface area contributed by atoms with Crippen LogP contribution >= 0.6 is 0 Å². The van der Waals surface area contributed by atoms with E-state index in [0.29, 0.717) is 38.2 Å². The Hall–Kier alpha value is -6.98. The average Bonchev–Trinajstić information content (AvgIpc) is 4.26. The summed E-state index contributed by atoms with van der Waals surface area (Å²) in [5.74, 6) is -1.65. The van der Waals surface area contributed by atoms with Gasteiger partial charge in [-0.15, -0.1) is 0 Å². The van der Waals surface area contributed by atoms with E-state index in [-0.39, 0.29) is 72.0 Å². The van der Waals surface area contributed by atoms with Gasteiger partial charge in [0.05, 0.1) is 28.6 Å². The molecular formula is C54H65BN8NaO13. The van der Waals surface area contributed by atoms with Gasteiger partial charge in [0, 0.05) is 78.0 Å². The normalized spacial score (nSPS) is 16.4. The van der Waals surface area contributed by atoms with Gasteiger partial charge >= 0.3 is 65.1 Å². The molecule has 1 unspecified atom stereocenters. The number of amides is 2. The van der Waals surface area contributed by atoms with E-state index in [2.05, 4.69) is 42.7 Å². The number of ether oxygens (including phenoxy) is 2. The first kappa shape index (κ1) is 60.9. The number of benzene rings is 4. The topological polar surface area (TPSA) is 246 Å². The van der Waals surface area contributed by atoms with Gasteiger partial charge in [0.15, 0.2) is 5.78 Å². The fourth-order valence-corrected chi connectivity index (χ4v) is 9.18. The number of aromatic nitrogens is 4. The molecule has 3 N–H and O–H groups in total. The predicted molar refractivity (Wildman–Crippen MR) is 282 cm³/mol. The number of nitrogens with zero attached hydrogens (tertiary/aromatic N) is 5. The number of para-hydroxylation sites is 4. The zero-order chi connectivity index (χ0) is 54.4.